The molecule has 10 N–H and O–H groups in total. The van der Waals surface area contributed by atoms with Gasteiger partial charge in [-0.15, -0.1) is 0 Å². The summed E-state index contributed by atoms with van der Waals surface area (Å²) in [7, 11) is 0. The minimum atomic E-state index is -1.72. The van der Waals surface area contributed by atoms with E-state index in [0.717, 1.165) is 0 Å². The van der Waals surface area contributed by atoms with E-state index in [1.54, 1.807) is 0 Å². The molecule has 8 atom stereocenters. The predicted molar refractivity (Wildman–Crippen MR) is 147 cm³/mol. The second-order valence-corrected chi connectivity index (χ2v) is 11.3. The molecule has 2 heterocycles. The van der Waals surface area contributed by atoms with Crippen molar-refractivity contribution >= 4 is 23.9 Å². The summed E-state index contributed by atoms with van der Waals surface area (Å²) in [5.74, 6) is -1.40. The summed E-state index contributed by atoms with van der Waals surface area (Å²) in [4.78, 5) is 52.3. The number of piperidine rings is 2. The first kappa shape index (κ1) is 33.7. The molecule has 2 aliphatic heterocycles. The van der Waals surface area contributed by atoms with E-state index in [-0.39, 0.29) is 38.3 Å². The molecule has 1 saturated carbocycles. The van der Waals surface area contributed by atoms with Gasteiger partial charge in [0.2, 0.25) is 0 Å². The van der Waals surface area contributed by atoms with Crippen LogP contribution >= 0.6 is 0 Å². The molecular formula is C26H46N6O10. The Bertz CT molecular complexity index is 877. The van der Waals surface area contributed by atoms with E-state index in [1.165, 1.54) is 9.80 Å². The monoisotopic (exact) mass is 602 g/mol. The third kappa shape index (κ3) is 7.79. The van der Waals surface area contributed by atoms with Gasteiger partial charge in [0.25, 0.3) is 11.8 Å². The number of likely N-dealkylation sites (tertiary alicyclic amines) is 2. The summed E-state index contributed by atoms with van der Waals surface area (Å²) in [6.45, 7) is 3.91. The molecule has 42 heavy (non-hydrogen) atoms. The summed E-state index contributed by atoms with van der Waals surface area (Å²) in [5.41, 5.74) is 0. The number of aliphatic hydroxyl groups excluding tert-OH is 6. The third-order valence-corrected chi connectivity index (χ3v) is 8.28. The first-order valence-corrected chi connectivity index (χ1v) is 14.7. The van der Waals surface area contributed by atoms with E-state index >= 15 is 0 Å². The van der Waals surface area contributed by atoms with Crippen LogP contribution in [0.2, 0.25) is 0 Å². The number of aliphatic hydroxyl groups is 6. The van der Waals surface area contributed by atoms with Gasteiger partial charge in [0.05, 0.1) is 12.1 Å². The summed E-state index contributed by atoms with van der Waals surface area (Å²) in [6, 6.07) is -3.16. The SMILES string of the molecule is CCCN1C(=O)[C@H](O)[C@@H](O)[C@H](O)[C@H]1CNC(=O)NC1CCC(NC(=O)NC[C@@H]2[C@@H](O)[C@H](O)[C@@H](O)C(=O)N2CCC)CC1. The highest BCUT2D eigenvalue weighted by Gasteiger charge is 2.47. The molecule has 0 bridgehead atoms. The Labute approximate surface area is 244 Å². The highest BCUT2D eigenvalue weighted by Crippen LogP contribution is 2.22. The van der Waals surface area contributed by atoms with Gasteiger partial charge in [-0.2, -0.15) is 0 Å². The predicted octanol–water partition coefficient (Wildman–Crippen LogP) is -3.70. The lowest BCUT2D eigenvalue weighted by molar-refractivity contribution is -0.175. The van der Waals surface area contributed by atoms with Crippen molar-refractivity contribution in [2.75, 3.05) is 26.2 Å². The molecule has 3 rings (SSSR count). The van der Waals surface area contributed by atoms with Crippen molar-refractivity contribution < 1.29 is 49.8 Å². The molecule has 0 unspecified atom stereocenters. The van der Waals surface area contributed by atoms with Crippen LogP contribution in [0.1, 0.15) is 52.4 Å². The van der Waals surface area contributed by atoms with Gasteiger partial charge in [-0.25, -0.2) is 9.59 Å². The largest absolute Gasteiger partial charge is 0.388 e. The molecule has 0 aromatic rings. The summed E-state index contributed by atoms with van der Waals surface area (Å²) in [6.07, 6.45) is -6.18. The molecule has 16 heteroatoms. The highest BCUT2D eigenvalue weighted by molar-refractivity contribution is 5.84. The number of nitrogens with zero attached hydrogens (tertiary/aromatic N) is 2. The van der Waals surface area contributed by atoms with Crippen LogP contribution in [0, 0.1) is 0 Å². The van der Waals surface area contributed by atoms with Crippen LogP contribution in [0.25, 0.3) is 0 Å². The molecule has 1 aliphatic carbocycles. The molecular weight excluding hydrogens is 556 g/mol. The van der Waals surface area contributed by atoms with Gasteiger partial charge in [-0.3, -0.25) is 9.59 Å². The Balaban J connectivity index is 1.41. The van der Waals surface area contributed by atoms with E-state index in [2.05, 4.69) is 21.3 Å². The molecule has 3 fully saturated rings. The molecule has 2 saturated heterocycles. The van der Waals surface area contributed by atoms with E-state index < -0.39 is 72.6 Å². The van der Waals surface area contributed by atoms with Gasteiger partial charge >= 0.3 is 12.1 Å². The van der Waals surface area contributed by atoms with Crippen molar-refractivity contribution in [2.45, 2.75) is 113 Å². The number of hydrogen-bond acceptors (Lipinski definition) is 10. The van der Waals surface area contributed by atoms with Gasteiger partial charge in [-0.05, 0) is 38.5 Å². The van der Waals surface area contributed by atoms with Crippen LogP contribution in [0.15, 0.2) is 0 Å². The van der Waals surface area contributed by atoms with Crippen molar-refractivity contribution in [3.8, 4) is 0 Å². The first-order chi connectivity index (χ1) is 19.9. The lowest BCUT2D eigenvalue weighted by Gasteiger charge is -2.43. The van der Waals surface area contributed by atoms with E-state index in [0.29, 0.717) is 38.5 Å². The Kier molecular flexibility index (Phi) is 12.1. The Morgan fingerprint density at radius 2 is 0.976 bits per heavy atom. The van der Waals surface area contributed by atoms with E-state index in [4.69, 9.17) is 0 Å². The average molecular weight is 603 g/mol. The van der Waals surface area contributed by atoms with Gasteiger partial charge in [0.15, 0.2) is 12.2 Å². The van der Waals surface area contributed by atoms with Crippen LogP contribution in [0.4, 0.5) is 9.59 Å². The third-order valence-electron chi connectivity index (χ3n) is 8.28. The molecule has 3 aliphatic rings. The smallest absolute Gasteiger partial charge is 0.315 e. The summed E-state index contributed by atoms with van der Waals surface area (Å²) >= 11 is 0. The number of nitrogens with one attached hydrogen (secondary N) is 4. The van der Waals surface area contributed by atoms with Crippen LogP contribution in [-0.4, -0.2) is 151 Å². The van der Waals surface area contributed by atoms with Crippen LogP contribution in [0.5, 0.6) is 0 Å². The zero-order valence-corrected chi connectivity index (χ0v) is 24.1. The number of carbonyl (C=O) groups excluding carboxylic acids is 4. The summed E-state index contributed by atoms with van der Waals surface area (Å²) in [5, 5.41) is 71.5. The topological polar surface area (TPSA) is 244 Å². The number of hydrogen-bond donors (Lipinski definition) is 10. The van der Waals surface area contributed by atoms with Crippen LogP contribution in [-0.2, 0) is 9.59 Å². The number of rotatable bonds is 10. The van der Waals surface area contributed by atoms with Crippen molar-refractivity contribution in [3.63, 3.8) is 0 Å². The quantitative estimate of drug-likeness (QED) is 0.117. The van der Waals surface area contributed by atoms with Crippen molar-refractivity contribution in [1.82, 2.24) is 31.1 Å². The highest BCUT2D eigenvalue weighted by atomic mass is 16.4. The zero-order chi connectivity index (χ0) is 31.1. The lowest BCUT2D eigenvalue weighted by Crippen LogP contribution is -2.67. The molecule has 0 aromatic heterocycles. The second-order valence-electron chi connectivity index (χ2n) is 11.3. The average Bonchev–Trinajstić information content (AvgIpc) is 2.97. The molecule has 0 spiro atoms. The van der Waals surface area contributed by atoms with Gasteiger partial charge < -0.3 is 61.7 Å². The first-order valence-electron chi connectivity index (χ1n) is 14.7. The molecule has 16 nitrogen and oxygen atoms in total. The maximum absolute atomic E-state index is 12.5. The maximum Gasteiger partial charge on any atom is 0.315 e. The second kappa shape index (κ2) is 15.1. The standard InChI is InChI=1S/C26H46N6O10/c1-3-9-31-15(17(33)19(35)21(37)23(31)39)11-27-25(41)29-13-5-7-14(8-6-13)30-26(42)28-12-16-18(34)20(36)22(38)24(40)32(16)10-4-2/h13-22,33-38H,3-12H2,1-2H3,(H2,27,29,41)(H2,28,30,42)/t13?,14?,15-,16-,17-,18-,19+,20+,21-,22-/m1/s1. The number of urea groups is 2. The van der Waals surface area contributed by atoms with Crippen LogP contribution < -0.4 is 21.3 Å². The fourth-order valence-corrected chi connectivity index (χ4v) is 5.90. The van der Waals surface area contributed by atoms with Crippen molar-refractivity contribution in [1.29, 1.82) is 0 Å². The minimum absolute atomic E-state index is 0.118. The fraction of sp³-hybridized carbons (Fsp3) is 0.846. The van der Waals surface area contributed by atoms with Gasteiger partial charge in [-0.1, -0.05) is 13.8 Å². The van der Waals surface area contributed by atoms with Gasteiger partial charge in [0.1, 0.15) is 24.4 Å². The fourth-order valence-electron chi connectivity index (χ4n) is 5.90. The van der Waals surface area contributed by atoms with Crippen LogP contribution in [0.3, 0.4) is 0 Å². The maximum atomic E-state index is 12.5. The number of carbonyl (C=O) groups is 4. The normalized spacial score (nSPS) is 35.5. The van der Waals surface area contributed by atoms with Crippen molar-refractivity contribution in [2.24, 2.45) is 0 Å². The van der Waals surface area contributed by atoms with E-state index in [1.807, 2.05) is 13.8 Å². The summed E-state index contributed by atoms with van der Waals surface area (Å²) < 4.78 is 0. The molecule has 0 radical (unpaired) electrons. The van der Waals surface area contributed by atoms with Gasteiger partial charge in [0, 0.05) is 38.3 Å². The molecule has 0 aromatic carbocycles. The van der Waals surface area contributed by atoms with E-state index in [9.17, 15) is 49.8 Å². The number of amides is 6. The molecule has 240 valence electrons. The Morgan fingerprint density at radius 3 is 1.29 bits per heavy atom. The Hall–Kier alpha value is -2.76. The molecule has 6 amide bonds. The van der Waals surface area contributed by atoms with Crippen molar-refractivity contribution in [3.05, 3.63) is 0 Å². The Morgan fingerprint density at radius 1 is 0.643 bits per heavy atom. The zero-order valence-electron chi connectivity index (χ0n) is 24.1. The minimum Gasteiger partial charge on any atom is -0.388 e. The lowest BCUT2D eigenvalue weighted by atomic mass is 9.91.